The number of aliphatic hydroxyl groups is 1. The molecule has 8 nitrogen and oxygen atoms in total. The molecule has 0 amide bonds. The molecule has 1 aliphatic heterocycles. The number of esters is 1. The molecular weight excluding hydrogens is 302 g/mol. The Labute approximate surface area is 133 Å². The van der Waals surface area contributed by atoms with Gasteiger partial charge in [0.05, 0.1) is 18.8 Å². The largest absolute Gasteiger partial charge is 0.463 e. The highest BCUT2D eigenvalue weighted by Crippen LogP contribution is 2.25. The van der Waals surface area contributed by atoms with Crippen LogP contribution < -0.4 is 0 Å². The molecule has 2 rings (SSSR count). The van der Waals surface area contributed by atoms with Gasteiger partial charge in [0.1, 0.15) is 12.6 Å². The standard InChI is InChI=1S/C15H19N3O5/c1-10(19)21-9-12-7-13(14(17-18-16)15(20)23-12)22-8-11-5-3-2-4-6-11/h2-6,12-15,20H,7-9H2,1H3/t12-,13-,14+,15-/m0/s1. The quantitative estimate of drug-likeness (QED) is 0.372. The third kappa shape index (κ3) is 5.22. The van der Waals surface area contributed by atoms with Crippen LogP contribution in [0.1, 0.15) is 18.9 Å². The van der Waals surface area contributed by atoms with Crippen molar-refractivity contribution in [3.05, 3.63) is 46.3 Å². The highest BCUT2D eigenvalue weighted by molar-refractivity contribution is 5.65. The van der Waals surface area contributed by atoms with E-state index < -0.39 is 30.5 Å². The van der Waals surface area contributed by atoms with Crippen molar-refractivity contribution in [2.75, 3.05) is 6.61 Å². The van der Waals surface area contributed by atoms with E-state index in [0.29, 0.717) is 13.0 Å². The lowest BCUT2D eigenvalue weighted by Crippen LogP contribution is -2.49. The molecule has 0 unspecified atom stereocenters. The molecule has 0 spiro atoms. The number of ether oxygens (including phenoxy) is 3. The van der Waals surface area contributed by atoms with Crippen LogP contribution in [0, 0.1) is 0 Å². The molecule has 23 heavy (non-hydrogen) atoms. The van der Waals surface area contributed by atoms with Crippen molar-refractivity contribution in [3.63, 3.8) is 0 Å². The normalized spacial score (nSPS) is 27.0. The number of azide groups is 1. The van der Waals surface area contributed by atoms with Crippen LogP contribution in [-0.2, 0) is 25.6 Å². The molecule has 0 radical (unpaired) electrons. The van der Waals surface area contributed by atoms with E-state index in [1.807, 2.05) is 30.3 Å². The van der Waals surface area contributed by atoms with Crippen LogP contribution in [0.15, 0.2) is 35.4 Å². The molecule has 8 heteroatoms. The summed E-state index contributed by atoms with van der Waals surface area (Å²) in [5, 5.41) is 13.6. The van der Waals surface area contributed by atoms with Gasteiger partial charge in [-0.25, -0.2) is 0 Å². The average Bonchev–Trinajstić information content (AvgIpc) is 2.54. The van der Waals surface area contributed by atoms with Crippen molar-refractivity contribution in [3.8, 4) is 0 Å². The summed E-state index contributed by atoms with van der Waals surface area (Å²) in [4.78, 5) is 13.6. The Kier molecular flexibility index (Phi) is 6.37. The number of aliphatic hydroxyl groups excluding tert-OH is 1. The third-order valence-corrected chi connectivity index (χ3v) is 3.46. The van der Waals surface area contributed by atoms with Crippen LogP contribution in [0.2, 0.25) is 0 Å². The number of nitrogens with zero attached hydrogens (tertiary/aromatic N) is 3. The van der Waals surface area contributed by atoms with Gasteiger partial charge in [-0.3, -0.25) is 4.79 Å². The summed E-state index contributed by atoms with van der Waals surface area (Å²) < 4.78 is 16.0. The van der Waals surface area contributed by atoms with Crippen molar-refractivity contribution >= 4 is 5.97 Å². The van der Waals surface area contributed by atoms with Gasteiger partial charge in [0.25, 0.3) is 0 Å². The molecule has 0 aliphatic carbocycles. The topological polar surface area (TPSA) is 114 Å². The van der Waals surface area contributed by atoms with Gasteiger partial charge in [-0.05, 0) is 11.1 Å². The summed E-state index contributed by atoms with van der Waals surface area (Å²) in [6, 6.07) is 8.66. The maximum atomic E-state index is 10.9. The van der Waals surface area contributed by atoms with Gasteiger partial charge in [-0.2, -0.15) is 0 Å². The Balaban J connectivity index is 2.00. The Morgan fingerprint density at radius 1 is 1.48 bits per heavy atom. The molecule has 0 aromatic heterocycles. The minimum atomic E-state index is -1.30. The van der Waals surface area contributed by atoms with Gasteiger partial charge in [-0.1, -0.05) is 35.4 Å². The van der Waals surface area contributed by atoms with Crippen molar-refractivity contribution in [1.29, 1.82) is 0 Å². The second-order valence-corrected chi connectivity index (χ2v) is 5.22. The summed E-state index contributed by atoms with van der Waals surface area (Å²) in [5.74, 6) is -0.429. The third-order valence-electron chi connectivity index (χ3n) is 3.46. The number of hydrogen-bond donors (Lipinski definition) is 1. The van der Waals surface area contributed by atoms with Crippen molar-refractivity contribution in [2.45, 2.75) is 44.5 Å². The van der Waals surface area contributed by atoms with Gasteiger partial charge in [-0.15, -0.1) is 0 Å². The number of rotatable bonds is 6. The molecule has 4 atom stereocenters. The number of benzene rings is 1. The second-order valence-electron chi connectivity index (χ2n) is 5.22. The van der Waals surface area contributed by atoms with Crippen LogP contribution in [-0.4, -0.2) is 42.2 Å². The highest BCUT2D eigenvalue weighted by atomic mass is 16.6. The Hall–Kier alpha value is -2.12. The molecule has 1 aromatic rings. The molecule has 0 bridgehead atoms. The zero-order valence-corrected chi connectivity index (χ0v) is 12.7. The average molecular weight is 321 g/mol. The van der Waals surface area contributed by atoms with Gasteiger partial charge < -0.3 is 19.3 Å². The predicted molar refractivity (Wildman–Crippen MR) is 80.1 cm³/mol. The molecular formula is C15H19N3O5. The van der Waals surface area contributed by atoms with E-state index in [2.05, 4.69) is 10.0 Å². The van der Waals surface area contributed by atoms with E-state index >= 15 is 0 Å². The van der Waals surface area contributed by atoms with Crippen molar-refractivity contribution < 1.29 is 24.1 Å². The fourth-order valence-electron chi connectivity index (χ4n) is 2.37. The summed E-state index contributed by atoms with van der Waals surface area (Å²) in [7, 11) is 0. The van der Waals surface area contributed by atoms with E-state index in [1.165, 1.54) is 6.92 Å². The van der Waals surface area contributed by atoms with E-state index in [-0.39, 0.29) is 6.61 Å². The maximum Gasteiger partial charge on any atom is 0.302 e. The maximum absolute atomic E-state index is 10.9. The molecule has 1 saturated heterocycles. The van der Waals surface area contributed by atoms with Crippen LogP contribution in [0.3, 0.4) is 0 Å². The lowest BCUT2D eigenvalue weighted by molar-refractivity contribution is -0.220. The zero-order chi connectivity index (χ0) is 16.7. The van der Waals surface area contributed by atoms with E-state index in [9.17, 15) is 9.90 Å². The smallest absolute Gasteiger partial charge is 0.302 e. The first-order valence-electron chi connectivity index (χ1n) is 7.26. The number of carbonyl (C=O) groups excluding carboxylic acids is 1. The van der Waals surface area contributed by atoms with Gasteiger partial charge in [0.2, 0.25) is 0 Å². The first kappa shape index (κ1) is 17.2. The van der Waals surface area contributed by atoms with E-state index in [0.717, 1.165) is 5.56 Å². The summed E-state index contributed by atoms with van der Waals surface area (Å²) in [5.41, 5.74) is 9.61. The van der Waals surface area contributed by atoms with Crippen LogP contribution >= 0.6 is 0 Å². The summed E-state index contributed by atoms with van der Waals surface area (Å²) >= 11 is 0. The van der Waals surface area contributed by atoms with E-state index in [4.69, 9.17) is 19.7 Å². The number of hydrogen-bond acceptors (Lipinski definition) is 6. The van der Waals surface area contributed by atoms with Crippen LogP contribution in [0.5, 0.6) is 0 Å². The second kappa shape index (κ2) is 8.50. The molecule has 124 valence electrons. The first-order valence-corrected chi connectivity index (χ1v) is 7.26. The zero-order valence-electron chi connectivity index (χ0n) is 12.7. The van der Waals surface area contributed by atoms with Crippen molar-refractivity contribution in [1.82, 2.24) is 0 Å². The minimum absolute atomic E-state index is 0.0145. The Morgan fingerprint density at radius 3 is 2.87 bits per heavy atom. The van der Waals surface area contributed by atoms with Gasteiger partial charge in [0.15, 0.2) is 6.29 Å². The summed E-state index contributed by atoms with van der Waals surface area (Å²) in [6.45, 7) is 1.63. The lowest BCUT2D eigenvalue weighted by Gasteiger charge is -2.37. The lowest BCUT2D eigenvalue weighted by atomic mass is 10.0. The van der Waals surface area contributed by atoms with Crippen LogP contribution in [0.25, 0.3) is 10.4 Å². The van der Waals surface area contributed by atoms with Gasteiger partial charge >= 0.3 is 5.97 Å². The first-order chi connectivity index (χ1) is 11.1. The number of carbonyl (C=O) groups is 1. The summed E-state index contributed by atoms with van der Waals surface area (Å²) in [6.07, 6.45) is -2.00. The monoisotopic (exact) mass is 321 g/mol. The molecule has 1 heterocycles. The molecule has 1 fully saturated rings. The molecule has 1 aliphatic rings. The fraction of sp³-hybridized carbons (Fsp3) is 0.533. The van der Waals surface area contributed by atoms with Gasteiger partial charge in [0, 0.05) is 18.3 Å². The molecule has 0 saturated carbocycles. The van der Waals surface area contributed by atoms with Crippen LogP contribution in [0.4, 0.5) is 0 Å². The molecule has 1 N–H and O–H groups in total. The van der Waals surface area contributed by atoms with Crippen molar-refractivity contribution in [2.24, 2.45) is 5.11 Å². The Bertz CT molecular complexity index is 561. The highest BCUT2D eigenvalue weighted by Gasteiger charge is 2.38. The predicted octanol–water partition coefficient (Wildman–Crippen LogP) is 1.92. The Morgan fingerprint density at radius 2 is 2.22 bits per heavy atom. The molecule has 1 aromatic carbocycles. The SMILES string of the molecule is CC(=O)OC[C@@H]1C[C@H](OCc2ccccc2)[C@@H](N=[N+]=[N-])[C@@H](O)O1. The minimum Gasteiger partial charge on any atom is -0.463 e. The fourth-order valence-corrected chi connectivity index (χ4v) is 2.37. The van der Waals surface area contributed by atoms with E-state index in [1.54, 1.807) is 0 Å².